The smallest absolute Gasteiger partial charge is 0.265 e. The van der Waals surface area contributed by atoms with Crippen LogP contribution in [0.25, 0.3) is 0 Å². The van der Waals surface area contributed by atoms with Crippen LogP contribution >= 0.6 is 0 Å². The second-order valence-electron chi connectivity index (χ2n) is 6.58. The fraction of sp³-hybridized carbons (Fsp3) is 0.750. The summed E-state index contributed by atoms with van der Waals surface area (Å²) in [5.41, 5.74) is 0.0740. The fourth-order valence-electron chi connectivity index (χ4n) is 3.36. The first-order valence-electron chi connectivity index (χ1n) is 8.15. The van der Waals surface area contributed by atoms with Crippen LogP contribution in [0, 0.1) is 11.3 Å². The minimum atomic E-state index is -2.99. The minimum absolute atomic E-state index is 0.0740. The Hall–Kier alpha value is -1.55. The summed E-state index contributed by atoms with van der Waals surface area (Å²) < 4.78 is 23.1. The lowest BCUT2D eigenvalue weighted by atomic mass is 9.94. The van der Waals surface area contributed by atoms with Crippen molar-refractivity contribution in [2.45, 2.75) is 50.6 Å². The molecule has 1 saturated carbocycles. The van der Waals surface area contributed by atoms with Gasteiger partial charge in [0.25, 0.3) is 5.91 Å². The van der Waals surface area contributed by atoms with Crippen molar-refractivity contribution < 1.29 is 13.2 Å². The van der Waals surface area contributed by atoms with Gasteiger partial charge in [-0.3, -0.25) is 4.79 Å². The second-order valence-corrected chi connectivity index (χ2v) is 8.81. The molecule has 0 aromatic rings. The lowest BCUT2D eigenvalue weighted by molar-refractivity contribution is -0.128. The summed E-state index contributed by atoms with van der Waals surface area (Å²) in [6, 6.07) is 2.02. The SMILES string of the molecule is CN(/C=C(/C#N)C(=O)N(C)C1CCCCC1)C1CCS(=O)(=O)C1. The maximum atomic E-state index is 12.5. The Morgan fingerprint density at radius 2 is 1.78 bits per heavy atom. The van der Waals surface area contributed by atoms with Gasteiger partial charge in [0.05, 0.1) is 11.5 Å². The Bertz CT molecular complexity index is 615. The molecule has 23 heavy (non-hydrogen) atoms. The topological polar surface area (TPSA) is 81.5 Å². The number of nitriles is 1. The first-order valence-corrected chi connectivity index (χ1v) is 9.97. The molecule has 0 spiro atoms. The van der Waals surface area contributed by atoms with E-state index in [4.69, 9.17) is 0 Å². The molecule has 1 heterocycles. The van der Waals surface area contributed by atoms with Crippen LogP contribution < -0.4 is 0 Å². The Labute approximate surface area is 138 Å². The first-order chi connectivity index (χ1) is 10.8. The van der Waals surface area contributed by atoms with Gasteiger partial charge < -0.3 is 9.80 Å². The molecule has 0 aromatic heterocycles. The van der Waals surface area contributed by atoms with Crippen LogP contribution in [-0.2, 0) is 14.6 Å². The monoisotopic (exact) mass is 339 g/mol. The quantitative estimate of drug-likeness (QED) is 0.570. The van der Waals surface area contributed by atoms with Crippen molar-refractivity contribution in [2.24, 2.45) is 0 Å². The van der Waals surface area contributed by atoms with E-state index in [0.29, 0.717) is 6.42 Å². The van der Waals surface area contributed by atoms with Gasteiger partial charge in [-0.25, -0.2) is 8.42 Å². The van der Waals surface area contributed by atoms with Gasteiger partial charge in [0.15, 0.2) is 9.84 Å². The van der Waals surface area contributed by atoms with Crippen molar-refractivity contribution in [2.75, 3.05) is 25.6 Å². The molecule has 1 atom stereocenters. The molecule has 2 fully saturated rings. The van der Waals surface area contributed by atoms with Gasteiger partial charge in [-0.05, 0) is 19.3 Å². The standard InChI is InChI=1S/C16H25N3O3S/c1-18(15-8-9-23(21,22)12-15)11-13(10-17)16(20)19(2)14-6-4-3-5-7-14/h11,14-15H,3-9,12H2,1-2H3/b13-11-. The minimum Gasteiger partial charge on any atom is -0.375 e. The third-order valence-corrected chi connectivity index (χ3v) is 6.66. The number of rotatable bonds is 4. The molecule has 1 saturated heterocycles. The fourth-order valence-corrected chi connectivity index (χ4v) is 5.15. The highest BCUT2D eigenvalue weighted by atomic mass is 32.2. The van der Waals surface area contributed by atoms with Crippen molar-refractivity contribution in [1.29, 1.82) is 5.26 Å². The number of hydrogen-bond acceptors (Lipinski definition) is 5. The number of likely N-dealkylation sites (N-methyl/N-ethyl adjacent to an activating group) is 1. The van der Waals surface area contributed by atoms with Gasteiger partial charge in [-0.15, -0.1) is 0 Å². The molecule has 128 valence electrons. The molecule has 1 aliphatic heterocycles. The van der Waals surface area contributed by atoms with E-state index >= 15 is 0 Å². The van der Waals surface area contributed by atoms with Crippen LogP contribution in [-0.4, -0.2) is 61.8 Å². The average Bonchev–Trinajstić information content (AvgIpc) is 2.92. The van der Waals surface area contributed by atoms with E-state index < -0.39 is 9.84 Å². The molecule has 0 aromatic carbocycles. The number of carbonyl (C=O) groups is 1. The van der Waals surface area contributed by atoms with E-state index in [1.165, 1.54) is 12.6 Å². The summed E-state index contributed by atoms with van der Waals surface area (Å²) in [4.78, 5) is 15.9. The zero-order valence-corrected chi connectivity index (χ0v) is 14.7. The molecule has 2 rings (SSSR count). The zero-order chi connectivity index (χ0) is 17.0. The molecule has 0 radical (unpaired) electrons. The average molecular weight is 339 g/mol. The van der Waals surface area contributed by atoms with Crippen LogP contribution in [0.4, 0.5) is 0 Å². The molecule has 6 nitrogen and oxygen atoms in total. The Balaban J connectivity index is 2.05. The number of sulfone groups is 1. The number of amides is 1. The second kappa shape index (κ2) is 7.35. The summed E-state index contributed by atoms with van der Waals surface area (Å²) in [7, 11) is 0.500. The summed E-state index contributed by atoms with van der Waals surface area (Å²) in [6.07, 6.45) is 7.46. The molecule has 0 N–H and O–H groups in total. The predicted molar refractivity (Wildman–Crippen MR) is 88.2 cm³/mol. The number of hydrogen-bond donors (Lipinski definition) is 0. The van der Waals surface area contributed by atoms with E-state index in [0.717, 1.165) is 25.7 Å². The molecule has 7 heteroatoms. The van der Waals surface area contributed by atoms with Gasteiger partial charge in [0, 0.05) is 32.4 Å². The van der Waals surface area contributed by atoms with Crippen molar-refractivity contribution in [3.05, 3.63) is 11.8 Å². The highest BCUT2D eigenvalue weighted by Crippen LogP contribution is 2.23. The summed E-state index contributed by atoms with van der Waals surface area (Å²) in [5.74, 6) is -0.00828. The van der Waals surface area contributed by atoms with E-state index in [-0.39, 0.29) is 35.1 Å². The Morgan fingerprint density at radius 3 is 2.30 bits per heavy atom. The van der Waals surface area contributed by atoms with Crippen molar-refractivity contribution in [1.82, 2.24) is 9.80 Å². The van der Waals surface area contributed by atoms with Gasteiger partial charge in [-0.1, -0.05) is 19.3 Å². The zero-order valence-electron chi connectivity index (χ0n) is 13.9. The normalized spacial score (nSPS) is 24.9. The highest BCUT2D eigenvalue weighted by Gasteiger charge is 2.31. The summed E-state index contributed by atoms with van der Waals surface area (Å²) >= 11 is 0. The van der Waals surface area contributed by atoms with Crippen molar-refractivity contribution in [3.8, 4) is 6.07 Å². The molecular weight excluding hydrogens is 314 g/mol. The third kappa shape index (κ3) is 4.47. The predicted octanol–water partition coefficient (Wildman–Crippen LogP) is 1.30. The van der Waals surface area contributed by atoms with E-state index in [9.17, 15) is 18.5 Å². The summed E-state index contributed by atoms with van der Waals surface area (Å²) in [6.45, 7) is 0. The van der Waals surface area contributed by atoms with Gasteiger partial charge in [0.1, 0.15) is 11.6 Å². The molecule has 0 bridgehead atoms. The van der Waals surface area contributed by atoms with E-state index in [2.05, 4.69) is 0 Å². The number of carbonyl (C=O) groups excluding carboxylic acids is 1. The Kier molecular flexibility index (Phi) is 5.69. The third-order valence-electron chi connectivity index (χ3n) is 4.91. The molecule has 1 amide bonds. The van der Waals surface area contributed by atoms with Crippen molar-refractivity contribution >= 4 is 15.7 Å². The van der Waals surface area contributed by atoms with Crippen molar-refractivity contribution in [3.63, 3.8) is 0 Å². The van der Waals surface area contributed by atoms with Gasteiger partial charge in [0.2, 0.25) is 0 Å². The van der Waals surface area contributed by atoms with E-state index in [1.54, 1.807) is 23.9 Å². The molecule has 2 aliphatic rings. The van der Waals surface area contributed by atoms with Crippen LogP contribution in [0.5, 0.6) is 0 Å². The number of nitrogens with zero attached hydrogens (tertiary/aromatic N) is 3. The maximum Gasteiger partial charge on any atom is 0.265 e. The molecular formula is C16H25N3O3S. The van der Waals surface area contributed by atoms with Crippen LogP contribution in [0.3, 0.4) is 0 Å². The lowest BCUT2D eigenvalue weighted by Crippen LogP contribution is -2.39. The molecule has 1 aliphatic carbocycles. The van der Waals surface area contributed by atoms with Gasteiger partial charge in [-0.2, -0.15) is 5.26 Å². The van der Waals surface area contributed by atoms with E-state index in [1.807, 2.05) is 6.07 Å². The lowest BCUT2D eigenvalue weighted by Gasteiger charge is -2.31. The maximum absolute atomic E-state index is 12.5. The van der Waals surface area contributed by atoms with Gasteiger partial charge >= 0.3 is 0 Å². The van der Waals surface area contributed by atoms with Crippen LogP contribution in [0.1, 0.15) is 38.5 Å². The summed E-state index contributed by atoms with van der Waals surface area (Å²) in [5, 5.41) is 9.33. The molecule has 1 unspecified atom stereocenters. The van der Waals surface area contributed by atoms with Crippen LogP contribution in [0.15, 0.2) is 11.8 Å². The first kappa shape index (κ1) is 17.8. The highest BCUT2D eigenvalue weighted by molar-refractivity contribution is 7.91. The van der Waals surface area contributed by atoms with Crippen LogP contribution in [0.2, 0.25) is 0 Å². The Morgan fingerprint density at radius 1 is 1.13 bits per heavy atom. The largest absolute Gasteiger partial charge is 0.375 e.